The average Bonchev–Trinajstić information content (AvgIpc) is 2.24. The second-order valence-corrected chi connectivity index (χ2v) is 5.86. The lowest BCUT2D eigenvalue weighted by Gasteiger charge is -2.42. The van der Waals surface area contributed by atoms with Gasteiger partial charge in [0.25, 0.3) is 0 Å². The minimum Gasteiger partial charge on any atom is -0.211 e. The number of rotatable bonds is 6. The Morgan fingerprint density at radius 2 is 0.522 bits per heavy atom. The highest BCUT2D eigenvalue weighted by Crippen LogP contribution is 2.64. The highest BCUT2D eigenvalue weighted by Gasteiger charge is 2.91. The summed E-state index contributed by atoms with van der Waals surface area (Å²) in [6, 6.07) is 0. The third-order valence-corrected chi connectivity index (χ3v) is 3.95. The first-order chi connectivity index (χ1) is 9.50. The predicted octanol–water partition coefficient (Wildman–Crippen LogP) is 6.36. The Hall–Kier alpha value is 0.320. The Labute approximate surface area is 138 Å². The predicted molar refractivity (Wildman–Crippen MR) is 55.8 cm³/mol. The first kappa shape index (κ1) is 23.3. The van der Waals surface area contributed by atoms with E-state index in [0.717, 1.165) is 0 Å². The molecule has 0 radical (unpaired) electrons. The van der Waals surface area contributed by atoms with Gasteiger partial charge < -0.3 is 0 Å². The van der Waals surface area contributed by atoms with Crippen LogP contribution in [0.3, 0.4) is 0 Å². The zero-order valence-corrected chi connectivity index (χ0v) is 12.6. The molecule has 0 aliphatic rings. The third-order valence-electron chi connectivity index (χ3n) is 2.29. The zero-order chi connectivity index (χ0) is 19.5. The topological polar surface area (TPSA) is 0 Å². The highest BCUT2D eigenvalue weighted by atomic mass is 35.5. The van der Waals surface area contributed by atoms with Gasteiger partial charge in [-0.2, -0.15) is 43.9 Å². The maximum Gasteiger partial charge on any atom is 0.381 e. The molecule has 2 atom stereocenters. The molecule has 0 saturated carbocycles. The van der Waals surface area contributed by atoms with Crippen LogP contribution in [0.25, 0.3) is 0 Å². The Balaban J connectivity index is 6.37. The molecule has 0 aliphatic heterocycles. The molecule has 0 saturated heterocycles. The number of hydrogen-bond acceptors (Lipinski definition) is 0. The summed E-state index contributed by atoms with van der Waals surface area (Å²) in [4.78, 5) is 0. The fraction of sp³-hybridized carbons (Fsp3) is 1.00. The van der Waals surface area contributed by atoms with Gasteiger partial charge in [0.05, 0.1) is 0 Å². The van der Waals surface area contributed by atoms with Crippen molar-refractivity contribution in [3.05, 3.63) is 0 Å². The maximum atomic E-state index is 13.1. The van der Waals surface area contributed by atoms with E-state index in [1.54, 1.807) is 0 Å². The van der Waals surface area contributed by atoms with Crippen LogP contribution in [0.5, 0.6) is 0 Å². The zero-order valence-electron chi connectivity index (χ0n) is 9.55. The smallest absolute Gasteiger partial charge is 0.211 e. The molecule has 0 rings (SSSR count). The van der Waals surface area contributed by atoms with Crippen molar-refractivity contribution in [1.82, 2.24) is 0 Å². The first-order valence-electron chi connectivity index (χ1n) is 4.52. The Bertz CT molecular complexity index is 407. The van der Waals surface area contributed by atoms with E-state index in [9.17, 15) is 52.7 Å². The molecule has 0 aromatic carbocycles. The molecule has 0 nitrogen and oxygen atoms in total. The molecular formula is C7Cl4F12. The van der Waals surface area contributed by atoms with Crippen molar-refractivity contribution in [2.45, 2.75) is 38.8 Å². The largest absolute Gasteiger partial charge is 0.381 e. The van der Waals surface area contributed by atoms with E-state index in [-0.39, 0.29) is 0 Å². The van der Waals surface area contributed by atoms with E-state index >= 15 is 0 Å². The van der Waals surface area contributed by atoms with Crippen LogP contribution in [-0.2, 0) is 0 Å². The molecule has 0 spiro atoms. The van der Waals surface area contributed by atoms with Crippen LogP contribution in [-0.4, -0.2) is 38.8 Å². The van der Waals surface area contributed by atoms with Crippen molar-refractivity contribution in [2.24, 2.45) is 0 Å². The summed E-state index contributed by atoms with van der Waals surface area (Å²) in [6.07, 6.45) is 0. The molecule has 23 heavy (non-hydrogen) atoms. The summed E-state index contributed by atoms with van der Waals surface area (Å²) in [5.74, 6) is -22.4. The van der Waals surface area contributed by atoms with Gasteiger partial charge in [-0.05, 0) is 23.2 Å². The summed E-state index contributed by atoms with van der Waals surface area (Å²) < 4.78 is 154. The van der Waals surface area contributed by atoms with Gasteiger partial charge in [-0.15, -0.1) is 0 Å². The molecule has 0 heterocycles. The highest BCUT2D eigenvalue weighted by molar-refractivity contribution is 6.33. The first-order valence-corrected chi connectivity index (χ1v) is 6.04. The van der Waals surface area contributed by atoms with Gasteiger partial charge in [-0.3, -0.25) is 0 Å². The molecule has 2 unspecified atom stereocenters. The SMILES string of the molecule is FC(F)(Cl)C(F)(Cl)C(F)(F)C(F)(F)C(F)(F)C(F)(Cl)C(F)(F)Cl. The number of alkyl halides is 16. The molecule has 0 bridgehead atoms. The lowest BCUT2D eigenvalue weighted by molar-refractivity contribution is -0.371. The van der Waals surface area contributed by atoms with Gasteiger partial charge in [-0.25, -0.2) is 8.78 Å². The lowest BCUT2D eigenvalue weighted by Crippen LogP contribution is -2.71. The summed E-state index contributed by atoms with van der Waals surface area (Å²) in [7, 11) is 0. The monoisotopic (exact) mass is 452 g/mol. The van der Waals surface area contributed by atoms with E-state index in [0.29, 0.717) is 0 Å². The fourth-order valence-corrected chi connectivity index (χ4v) is 1.42. The van der Waals surface area contributed by atoms with Crippen molar-refractivity contribution in [3.63, 3.8) is 0 Å². The summed E-state index contributed by atoms with van der Waals surface area (Å²) >= 11 is 14.9. The van der Waals surface area contributed by atoms with Gasteiger partial charge in [-0.1, -0.05) is 23.2 Å². The standard InChI is InChI=1S/C7Cl4F12/c8-1(12,6(10,20)21)3(14,15)5(18,19)4(16,17)2(9,13)7(11,22)23. The van der Waals surface area contributed by atoms with Crippen LogP contribution >= 0.6 is 46.4 Å². The van der Waals surface area contributed by atoms with E-state index in [2.05, 4.69) is 46.4 Å². The summed E-state index contributed by atoms with van der Waals surface area (Å²) in [5.41, 5.74) is 0. The van der Waals surface area contributed by atoms with Gasteiger partial charge >= 0.3 is 38.8 Å². The molecular weight excluding hydrogens is 454 g/mol. The second kappa shape index (κ2) is 5.66. The Morgan fingerprint density at radius 3 is 0.652 bits per heavy atom. The molecule has 0 fully saturated rings. The van der Waals surface area contributed by atoms with Gasteiger partial charge in [0.2, 0.25) is 0 Å². The van der Waals surface area contributed by atoms with Crippen molar-refractivity contribution in [3.8, 4) is 0 Å². The Kier molecular flexibility index (Phi) is 5.74. The number of hydrogen-bond donors (Lipinski definition) is 0. The van der Waals surface area contributed by atoms with Gasteiger partial charge in [0, 0.05) is 0 Å². The van der Waals surface area contributed by atoms with Crippen molar-refractivity contribution in [1.29, 1.82) is 0 Å². The molecule has 0 aromatic heterocycles. The fourth-order valence-electron chi connectivity index (χ4n) is 0.948. The molecule has 0 N–H and O–H groups in total. The lowest BCUT2D eigenvalue weighted by atomic mass is 9.96. The maximum absolute atomic E-state index is 13.1. The molecule has 0 amide bonds. The van der Waals surface area contributed by atoms with Crippen LogP contribution in [0.2, 0.25) is 0 Å². The van der Waals surface area contributed by atoms with E-state index in [4.69, 9.17) is 0 Å². The quantitative estimate of drug-likeness (QED) is 0.324. The number of halogens is 16. The van der Waals surface area contributed by atoms with E-state index < -0.39 is 38.8 Å². The van der Waals surface area contributed by atoms with E-state index in [1.165, 1.54) is 0 Å². The minimum atomic E-state index is -7.64. The van der Waals surface area contributed by atoms with E-state index in [1.807, 2.05) is 0 Å². The Morgan fingerprint density at radius 1 is 0.348 bits per heavy atom. The minimum absolute atomic E-state index is 3.67. The molecule has 16 heteroatoms. The van der Waals surface area contributed by atoms with Crippen LogP contribution in [0, 0.1) is 0 Å². The van der Waals surface area contributed by atoms with Crippen molar-refractivity contribution < 1.29 is 52.7 Å². The average molecular weight is 454 g/mol. The van der Waals surface area contributed by atoms with Crippen LogP contribution in [0.4, 0.5) is 52.7 Å². The van der Waals surface area contributed by atoms with Crippen molar-refractivity contribution in [2.75, 3.05) is 0 Å². The molecule has 140 valence electrons. The normalized spacial score (nSPS) is 20.9. The molecule has 0 aliphatic carbocycles. The van der Waals surface area contributed by atoms with Crippen LogP contribution in [0.15, 0.2) is 0 Å². The summed E-state index contributed by atoms with van der Waals surface area (Å²) in [5, 5.41) is -25.1. The van der Waals surface area contributed by atoms with Crippen molar-refractivity contribution >= 4 is 46.4 Å². The van der Waals surface area contributed by atoms with Crippen LogP contribution < -0.4 is 0 Å². The van der Waals surface area contributed by atoms with Gasteiger partial charge in [0.15, 0.2) is 0 Å². The summed E-state index contributed by atoms with van der Waals surface area (Å²) in [6.45, 7) is 0. The second-order valence-electron chi connectivity index (χ2n) is 3.87. The molecule has 0 aromatic rings. The van der Waals surface area contributed by atoms with Gasteiger partial charge in [0.1, 0.15) is 0 Å². The third kappa shape index (κ3) is 3.12. The van der Waals surface area contributed by atoms with Crippen LogP contribution in [0.1, 0.15) is 0 Å².